The van der Waals surface area contributed by atoms with Gasteiger partial charge in [-0.15, -0.1) is 10.2 Å². The number of ether oxygens (including phenoxy) is 2. The summed E-state index contributed by atoms with van der Waals surface area (Å²) in [6.45, 7) is 3.24. The maximum absolute atomic E-state index is 5.58. The van der Waals surface area contributed by atoms with Crippen LogP contribution in [0.5, 0.6) is 6.01 Å². The average molecular weight is 391 g/mol. The second kappa shape index (κ2) is 8.51. The van der Waals surface area contributed by atoms with E-state index < -0.39 is 0 Å². The first-order valence-electron chi connectivity index (χ1n) is 9.20. The molecule has 3 aromatic rings. The first-order valence-corrected chi connectivity index (χ1v) is 9.20. The van der Waals surface area contributed by atoms with E-state index in [-0.39, 0.29) is 0 Å². The highest BCUT2D eigenvalue weighted by Crippen LogP contribution is 2.24. The first-order chi connectivity index (χ1) is 14.2. The van der Waals surface area contributed by atoms with Crippen LogP contribution in [-0.4, -0.2) is 49.8 Å². The molecule has 0 unspecified atom stereocenters. The number of methoxy groups -OCH3 is 1. The van der Waals surface area contributed by atoms with Gasteiger partial charge in [-0.25, -0.2) is 15.0 Å². The molecule has 0 bridgehead atoms. The normalized spacial score (nSPS) is 19.0. The van der Waals surface area contributed by atoms with Crippen molar-refractivity contribution in [3.8, 4) is 17.1 Å². The van der Waals surface area contributed by atoms with E-state index in [2.05, 4.69) is 42.6 Å². The highest BCUT2D eigenvalue weighted by molar-refractivity contribution is 5.76. The van der Waals surface area contributed by atoms with Crippen LogP contribution in [0.15, 0.2) is 60.6 Å². The molecule has 0 amide bonds. The molecule has 0 spiro atoms. The van der Waals surface area contributed by atoms with Gasteiger partial charge in [0.15, 0.2) is 5.65 Å². The summed E-state index contributed by atoms with van der Waals surface area (Å²) >= 11 is 0. The molecule has 9 nitrogen and oxygen atoms in total. The van der Waals surface area contributed by atoms with Gasteiger partial charge in [0.1, 0.15) is 6.33 Å². The molecule has 1 aliphatic rings. The van der Waals surface area contributed by atoms with Crippen molar-refractivity contribution in [1.29, 1.82) is 0 Å². The summed E-state index contributed by atoms with van der Waals surface area (Å²) in [6, 6.07) is 0.309. The fraction of sp³-hybridized carbons (Fsp3) is 0.250. The van der Waals surface area contributed by atoms with Crippen molar-refractivity contribution < 1.29 is 9.47 Å². The molecule has 9 heteroatoms. The van der Waals surface area contributed by atoms with E-state index in [1.54, 1.807) is 24.9 Å². The Morgan fingerprint density at radius 3 is 2.90 bits per heavy atom. The number of anilines is 1. The predicted octanol–water partition coefficient (Wildman–Crippen LogP) is 2.81. The van der Waals surface area contributed by atoms with Gasteiger partial charge in [-0.2, -0.15) is 0 Å². The number of hydrogen-bond acceptors (Lipinski definition) is 8. The SMILES string of the molecule is COc1ncc(-c2cnc(NCC3=C\CCO/C(C)=C/C=C\3)n3cnnc23)cn1. The van der Waals surface area contributed by atoms with Gasteiger partial charge in [0.25, 0.3) is 0 Å². The van der Waals surface area contributed by atoms with E-state index in [1.165, 1.54) is 7.11 Å². The second-order valence-corrected chi connectivity index (χ2v) is 6.38. The van der Waals surface area contributed by atoms with Gasteiger partial charge >= 0.3 is 6.01 Å². The smallest absolute Gasteiger partial charge is 0.316 e. The van der Waals surface area contributed by atoms with Crippen molar-refractivity contribution in [3.63, 3.8) is 0 Å². The number of aromatic nitrogens is 6. The molecule has 4 rings (SSSR count). The highest BCUT2D eigenvalue weighted by Gasteiger charge is 2.12. The summed E-state index contributed by atoms with van der Waals surface area (Å²) in [5, 5.41) is 11.6. The molecule has 0 aromatic carbocycles. The van der Waals surface area contributed by atoms with E-state index >= 15 is 0 Å². The number of nitrogens with zero attached hydrogens (tertiary/aromatic N) is 6. The van der Waals surface area contributed by atoms with E-state index in [4.69, 9.17) is 9.47 Å². The van der Waals surface area contributed by atoms with Crippen LogP contribution in [0.2, 0.25) is 0 Å². The van der Waals surface area contributed by atoms with Gasteiger partial charge in [0.05, 0.1) is 19.5 Å². The third-order valence-corrected chi connectivity index (χ3v) is 4.40. The van der Waals surface area contributed by atoms with E-state index in [0.717, 1.165) is 28.9 Å². The molecular weight excluding hydrogens is 370 g/mol. The lowest BCUT2D eigenvalue weighted by molar-refractivity contribution is 0.220. The zero-order chi connectivity index (χ0) is 20.1. The van der Waals surface area contributed by atoms with Crippen molar-refractivity contribution in [2.24, 2.45) is 0 Å². The molecule has 1 aliphatic heterocycles. The zero-order valence-electron chi connectivity index (χ0n) is 16.2. The zero-order valence-corrected chi connectivity index (χ0v) is 16.2. The minimum absolute atomic E-state index is 0.309. The largest absolute Gasteiger partial charge is 0.498 e. The van der Waals surface area contributed by atoms with Gasteiger partial charge in [-0.05, 0) is 18.6 Å². The molecule has 3 aromatic heterocycles. The summed E-state index contributed by atoms with van der Waals surface area (Å²) < 4.78 is 12.4. The van der Waals surface area contributed by atoms with Crippen LogP contribution in [-0.2, 0) is 4.74 Å². The highest BCUT2D eigenvalue weighted by atomic mass is 16.5. The van der Waals surface area contributed by atoms with Gasteiger partial charge in [-0.3, -0.25) is 4.40 Å². The van der Waals surface area contributed by atoms with Crippen molar-refractivity contribution >= 4 is 11.6 Å². The van der Waals surface area contributed by atoms with Gasteiger partial charge in [0, 0.05) is 42.7 Å². The minimum atomic E-state index is 0.309. The van der Waals surface area contributed by atoms with E-state index in [1.807, 2.05) is 23.5 Å². The summed E-state index contributed by atoms with van der Waals surface area (Å²) in [6.07, 6.45) is 15.7. The number of hydrogen-bond donors (Lipinski definition) is 1. The van der Waals surface area contributed by atoms with Crippen LogP contribution in [0.4, 0.5) is 5.95 Å². The standard InChI is InChI=1S/C20H21N7O2/c1-14-5-3-6-15(7-4-8-29-14)9-21-19-22-12-17(18-26-25-13-27(18)19)16-10-23-20(28-2)24-11-16/h3,5-7,10-13H,4,8-9H2,1-2H3,(H,21,22)/b6-3-,14-5+,15-7-. The lowest BCUT2D eigenvalue weighted by atomic mass is 10.2. The summed E-state index contributed by atoms with van der Waals surface area (Å²) in [5.74, 6) is 1.56. The lowest BCUT2D eigenvalue weighted by Crippen LogP contribution is -2.10. The van der Waals surface area contributed by atoms with E-state index in [9.17, 15) is 0 Å². The molecule has 29 heavy (non-hydrogen) atoms. The summed E-state index contributed by atoms with van der Waals surface area (Å²) in [7, 11) is 1.53. The van der Waals surface area contributed by atoms with Crippen LogP contribution >= 0.6 is 0 Å². The van der Waals surface area contributed by atoms with Crippen LogP contribution < -0.4 is 10.1 Å². The first kappa shape index (κ1) is 18.6. The van der Waals surface area contributed by atoms with Crippen molar-refractivity contribution in [1.82, 2.24) is 29.5 Å². The third kappa shape index (κ3) is 4.23. The molecule has 148 valence electrons. The molecule has 0 radical (unpaired) electrons. The van der Waals surface area contributed by atoms with Crippen molar-refractivity contribution in [3.05, 3.63) is 60.6 Å². The average Bonchev–Trinajstić information content (AvgIpc) is 3.27. The maximum atomic E-state index is 5.58. The minimum Gasteiger partial charge on any atom is -0.498 e. The number of fused-ring (bicyclic) bond motifs is 1. The van der Waals surface area contributed by atoms with Crippen LogP contribution in [0.25, 0.3) is 16.8 Å². The fourth-order valence-corrected chi connectivity index (χ4v) is 2.91. The Balaban J connectivity index is 1.57. The van der Waals surface area contributed by atoms with Crippen LogP contribution in [0.3, 0.4) is 0 Å². The molecule has 0 fully saturated rings. The Bertz CT molecular complexity index is 1080. The van der Waals surface area contributed by atoms with Crippen LogP contribution in [0, 0.1) is 0 Å². The van der Waals surface area contributed by atoms with Gasteiger partial charge in [-0.1, -0.05) is 18.2 Å². The Labute approximate surface area is 167 Å². The second-order valence-electron chi connectivity index (χ2n) is 6.38. The summed E-state index contributed by atoms with van der Waals surface area (Å²) in [4.78, 5) is 12.9. The quantitative estimate of drug-likeness (QED) is 0.709. The Kier molecular flexibility index (Phi) is 5.46. The fourth-order valence-electron chi connectivity index (χ4n) is 2.91. The molecule has 0 saturated heterocycles. The topological polar surface area (TPSA) is 99.4 Å². The third-order valence-electron chi connectivity index (χ3n) is 4.40. The number of nitrogens with one attached hydrogen (secondary N) is 1. The molecular formula is C20H21N7O2. The predicted molar refractivity (Wildman–Crippen MR) is 108 cm³/mol. The monoisotopic (exact) mass is 391 g/mol. The van der Waals surface area contributed by atoms with Gasteiger partial charge in [0.2, 0.25) is 5.95 Å². The van der Waals surface area contributed by atoms with E-state index in [0.29, 0.717) is 30.8 Å². The van der Waals surface area contributed by atoms with Crippen molar-refractivity contribution in [2.45, 2.75) is 13.3 Å². The molecule has 4 heterocycles. The van der Waals surface area contributed by atoms with Crippen molar-refractivity contribution in [2.75, 3.05) is 25.6 Å². The lowest BCUT2D eigenvalue weighted by Gasteiger charge is -2.10. The Morgan fingerprint density at radius 2 is 2.07 bits per heavy atom. The maximum Gasteiger partial charge on any atom is 0.316 e. The summed E-state index contributed by atoms with van der Waals surface area (Å²) in [5.41, 5.74) is 3.39. The van der Waals surface area contributed by atoms with Gasteiger partial charge < -0.3 is 14.8 Å². The Morgan fingerprint density at radius 1 is 1.21 bits per heavy atom. The molecule has 0 saturated carbocycles. The molecule has 0 aliphatic carbocycles. The Hall–Kier alpha value is -3.75. The molecule has 0 atom stereocenters. The number of allylic oxidation sites excluding steroid dienone is 3. The molecule has 1 N–H and O–H groups in total. The number of rotatable bonds is 5. The van der Waals surface area contributed by atoms with Crippen LogP contribution in [0.1, 0.15) is 13.3 Å².